The summed E-state index contributed by atoms with van der Waals surface area (Å²) in [5.41, 5.74) is -1.33. The number of aliphatic hydroxyl groups is 1. The predicted molar refractivity (Wildman–Crippen MR) is 146 cm³/mol. The van der Waals surface area contributed by atoms with Gasteiger partial charge in [-0.1, -0.05) is 48.5 Å². The minimum atomic E-state index is -4.86. The Morgan fingerprint density at radius 3 is 2.27 bits per heavy atom. The Bertz CT molecular complexity index is 1480. The van der Waals surface area contributed by atoms with Crippen LogP contribution in [0, 0.1) is 0 Å². The van der Waals surface area contributed by atoms with Gasteiger partial charge in [0, 0.05) is 12.1 Å². The Hall–Kier alpha value is -1.49. The number of carbonyl (C=O) groups excluding carboxylic acids is 1. The zero-order valence-electron chi connectivity index (χ0n) is 21.6. The maximum absolute atomic E-state index is 13.7. The highest BCUT2D eigenvalue weighted by molar-refractivity contribution is 7.92. The van der Waals surface area contributed by atoms with E-state index in [1.807, 2.05) is 0 Å². The van der Waals surface area contributed by atoms with E-state index in [9.17, 15) is 39.9 Å². The number of hydrogen-bond acceptors (Lipinski definition) is 8. The zero-order valence-corrected chi connectivity index (χ0v) is 25.6. The Balaban J connectivity index is 2.13. The zero-order chi connectivity index (χ0) is 30.3. The van der Waals surface area contributed by atoms with Gasteiger partial charge in [0.1, 0.15) is 10.9 Å². The van der Waals surface area contributed by atoms with E-state index in [0.717, 1.165) is 18.6 Å². The molecule has 3 N–H and O–H groups in total. The van der Waals surface area contributed by atoms with Crippen molar-refractivity contribution in [2.45, 2.75) is 85.9 Å². The molecule has 0 saturated heterocycles. The molecule has 1 aliphatic rings. The number of alkyl halides is 3. The van der Waals surface area contributed by atoms with Gasteiger partial charge in [-0.2, -0.15) is 17.9 Å². The molecule has 224 valence electrons. The summed E-state index contributed by atoms with van der Waals surface area (Å²) in [4.78, 5) is 16.1. The van der Waals surface area contributed by atoms with Crippen LogP contribution in [0.15, 0.2) is 22.1 Å². The molecule has 1 aromatic heterocycles. The number of aromatic nitrogens is 1. The molecule has 1 saturated carbocycles. The summed E-state index contributed by atoms with van der Waals surface area (Å²) in [5.74, 6) is -0.759. The van der Waals surface area contributed by atoms with Crippen molar-refractivity contribution in [3.05, 3.63) is 27.2 Å². The van der Waals surface area contributed by atoms with E-state index < -0.39 is 68.8 Å². The summed E-state index contributed by atoms with van der Waals surface area (Å²) in [7, 11) is -8.87. The minimum absolute atomic E-state index is 0.0668. The predicted octanol–water partition coefficient (Wildman–Crippen LogP) is 4.95. The summed E-state index contributed by atoms with van der Waals surface area (Å²) < 4.78 is 93.0. The summed E-state index contributed by atoms with van der Waals surface area (Å²) >= 11 is 13.3. The molecule has 1 aromatic carbocycles. The van der Waals surface area contributed by atoms with Crippen LogP contribution in [0.3, 0.4) is 0 Å². The summed E-state index contributed by atoms with van der Waals surface area (Å²) in [6.07, 6.45) is -1.85. The van der Waals surface area contributed by atoms with Crippen molar-refractivity contribution in [2.75, 3.05) is 6.54 Å². The number of thiazole rings is 1. The topological polar surface area (TPSA) is 143 Å². The Labute approximate surface area is 244 Å². The summed E-state index contributed by atoms with van der Waals surface area (Å²) in [6.45, 7) is 3.38. The van der Waals surface area contributed by atoms with Gasteiger partial charge in [0.2, 0.25) is 10.0 Å². The lowest BCUT2D eigenvalue weighted by molar-refractivity contribution is -0.147. The number of benzene rings is 1. The van der Waals surface area contributed by atoms with Crippen LogP contribution in [0.2, 0.25) is 10.0 Å². The van der Waals surface area contributed by atoms with Crippen molar-refractivity contribution in [2.24, 2.45) is 0 Å². The van der Waals surface area contributed by atoms with Gasteiger partial charge in [-0.15, -0.1) is 11.3 Å². The first-order chi connectivity index (χ1) is 18.3. The monoisotopic (exact) mass is 665 g/mol. The molecule has 17 heteroatoms. The van der Waals surface area contributed by atoms with Gasteiger partial charge in [0.25, 0.3) is 5.91 Å². The van der Waals surface area contributed by atoms with Crippen LogP contribution in [-0.2, 0) is 19.9 Å². The maximum Gasteiger partial charge on any atom is 0.404 e. The van der Waals surface area contributed by atoms with Crippen molar-refractivity contribution in [3.8, 4) is 10.4 Å². The highest BCUT2D eigenvalue weighted by atomic mass is 35.5. The number of sulfone groups is 1. The third-order valence-electron chi connectivity index (χ3n) is 6.14. The second-order valence-electron chi connectivity index (χ2n) is 10.1. The largest absolute Gasteiger partial charge is 0.404 e. The van der Waals surface area contributed by atoms with Crippen LogP contribution in [0.5, 0.6) is 0 Å². The van der Waals surface area contributed by atoms with Gasteiger partial charge in [-0.25, -0.2) is 21.8 Å². The summed E-state index contributed by atoms with van der Waals surface area (Å²) in [6, 6.07) is -0.419. The molecule has 1 fully saturated rings. The highest BCUT2D eigenvalue weighted by Crippen LogP contribution is 2.44. The van der Waals surface area contributed by atoms with E-state index in [-0.39, 0.29) is 22.0 Å². The third kappa shape index (κ3) is 7.47. The second kappa shape index (κ2) is 12.0. The molecule has 0 radical (unpaired) electrons. The SMILES string of the molecule is C[C@H](NS(=O)(=O)c1ccc(-c2sc(C(=O)NCC(C)(C)O)nc2S(=O)(=O)C2CCCCC2)c(Cl)c1Cl)C(F)(F)F. The smallest absolute Gasteiger partial charge is 0.389 e. The summed E-state index contributed by atoms with van der Waals surface area (Å²) in [5, 5.41) is 9.87. The average molecular weight is 667 g/mol. The molecule has 0 bridgehead atoms. The highest BCUT2D eigenvalue weighted by Gasteiger charge is 2.40. The second-order valence-corrected chi connectivity index (χ2v) is 15.7. The van der Waals surface area contributed by atoms with E-state index in [4.69, 9.17) is 23.2 Å². The number of rotatable bonds is 9. The quantitative estimate of drug-likeness (QED) is 0.344. The van der Waals surface area contributed by atoms with Crippen LogP contribution in [0.1, 0.15) is 62.7 Å². The van der Waals surface area contributed by atoms with Gasteiger partial charge in [0.15, 0.2) is 19.9 Å². The van der Waals surface area contributed by atoms with Crippen molar-refractivity contribution in [1.82, 2.24) is 15.0 Å². The number of nitrogens with one attached hydrogen (secondary N) is 2. The van der Waals surface area contributed by atoms with Crippen molar-refractivity contribution in [3.63, 3.8) is 0 Å². The molecule has 0 unspecified atom stereocenters. The lowest BCUT2D eigenvalue weighted by atomic mass is 10.0. The molecule has 3 rings (SSSR count). The van der Waals surface area contributed by atoms with E-state index in [0.29, 0.717) is 43.9 Å². The van der Waals surface area contributed by atoms with Gasteiger partial charge in [0.05, 0.1) is 25.8 Å². The number of sulfonamides is 1. The van der Waals surface area contributed by atoms with E-state index in [2.05, 4.69) is 10.3 Å². The Morgan fingerprint density at radius 2 is 1.73 bits per heavy atom. The average Bonchev–Trinajstić information content (AvgIpc) is 3.29. The van der Waals surface area contributed by atoms with E-state index >= 15 is 0 Å². The number of hydrogen-bond donors (Lipinski definition) is 3. The molecule has 1 heterocycles. The molecule has 1 atom stereocenters. The third-order valence-corrected chi connectivity index (χ3v) is 12.1. The number of nitrogens with zero attached hydrogens (tertiary/aromatic N) is 1. The fraction of sp³-hybridized carbons (Fsp3) is 0.565. The first-order valence-corrected chi connectivity index (χ1v) is 16.7. The van der Waals surface area contributed by atoms with Crippen LogP contribution in [0.4, 0.5) is 13.2 Å². The van der Waals surface area contributed by atoms with Crippen LogP contribution in [0.25, 0.3) is 10.4 Å². The molecule has 40 heavy (non-hydrogen) atoms. The van der Waals surface area contributed by atoms with Gasteiger partial charge < -0.3 is 10.4 Å². The van der Waals surface area contributed by atoms with Gasteiger partial charge in [-0.05, 0) is 39.7 Å². The standard InChI is InChI=1S/C23H28Cl2F3N3O6S3/c1-12(23(26,27)28)31-40(36,37)15-10-9-14(16(24)17(15)25)18-21(39(34,35)13-7-5-4-6-8-13)30-20(38-18)19(32)29-11-22(2,3)33/h9-10,12-13,31,33H,4-8,11H2,1-3H3,(H,29,32)/t12-/m0/s1. The van der Waals surface area contributed by atoms with Gasteiger partial charge >= 0.3 is 6.18 Å². The van der Waals surface area contributed by atoms with Crippen LogP contribution >= 0.6 is 34.5 Å². The van der Waals surface area contributed by atoms with E-state index in [1.54, 1.807) is 0 Å². The minimum Gasteiger partial charge on any atom is -0.389 e. The lowest BCUT2D eigenvalue weighted by Gasteiger charge is -2.21. The van der Waals surface area contributed by atoms with Crippen LogP contribution < -0.4 is 10.0 Å². The number of carbonyl (C=O) groups is 1. The molecular weight excluding hydrogens is 638 g/mol. The first-order valence-electron chi connectivity index (χ1n) is 12.1. The van der Waals surface area contributed by atoms with Crippen LogP contribution in [-0.4, -0.2) is 62.4 Å². The molecule has 2 aromatic rings. The first kappa shape index (κ1) is 33.0. The Kier molecular flexibility index (Phi) is 9.92. The van der Waals surface area contributed by atoms with Crippen molar-refractivity contribution < 1.29 is 39.9 Å². The molecule has 1 aliphatic carbocycles. The molecule has 0 aliphatic heterocycles. The molecule has 0 spiro atoms. The Morgan fingerprint density at radius 1 is 1.12 bits per heavy atom. The fourth-order valence-corrected chi connectivity index (χ4v) is 9.40. The normalized spacial score (nSPS) is 16.6. The number of amides is 1. The van der Waals surface area contributed by atoms with E-state index in [1.165, 1.54) is 18.6 Å². The lowest BCUT2D eigenvalue weighted by Crippen LogP contribution is -2.43. The maximum atomic E-state index is 13.7. The molecule has 9 nitrogen and oxygen atoms in total. The van der Waals surface area contributed by atoms with Crippen molar-refractivity contribution in [1.29, 1.82) is 0 Å². The molecular formula is C23H28Cl2F3N3O6S3. The van der Waals surface area contributed by atoms with Crippen molar-refractivity contribution >= 4 is 60.3 Å². The molecule has 1 amide bonds. The fourth-order valence-electron chi connectivity index (χ4n) is 3.95. The number of halogens is 5. The van der Waals surface area contributed by atoms with Gasteiger partial charge in [-0.3, -0.25) is 4.79 Å².